The Kier molecular flexibility index (Phi) is 1.96. The number of nitrogens with zero attached hydrogens (tertiary/aromatic N) is 1. The van der Waals surface area contributed by atoms with Crippen molar-refractivity contribution in [1.82, 2.24) is 9.97 Å². The second kappa shape index (κ2) is 3.45. The molecule has 1 N–H and O–H groups in total. The number of H-pyrrole nitrogens is 1. The molecule has 0 atom stereocenters. The fourth-order valence-corrected chi connectivity index (χ4v) is 1.78. The van der Waals surface area contributed by atoms with Crippen LogP contribution in [-0.2, 0) is 0 Å². The molecular weight excluding hydrogens is 203 g/mol. The Morgan fingerprint density at radius 1 is 1.06 bits per heavy atom. The number of benzene rings is 1. The van der Waals surface area contributed by atoms with Gasteiger partial charge in [-0.1, -0.05) is 12.1 Å². The van der Waals surface area contributed by atoms with Gasteiger partial charge in [-0.3, -0.25) is 4.98 Å². The summed E-state index contributed by atoms with van der Waals surface area (Å²) in [4.78, 5) is 7.35. The van der Waals surface area contributed by atoms with Crippen LogP contribution in [0.2, 0.25) is 0 Å². The predicted octanol–water partition coefficient (Wildman–Crippen LogP) is 3.37. The lowest BCUT2D eigenvalue weighted by molar-refractivity contribution is 0.631. The average Bonchev–Trinajstić information content (AvgIpc) is 2.73. The molecule has 78 valence electrons. The van der Waals surface area contributed by atoms with Crippen LogP contribution in [0.15, 0.2) is 48.7 Å². The molecule has 0 bridgehead atoms. The molecular formula is C13H9FN2. The number of halogens is 1. The Morgan fingerprint density at radius 3 is 2.75 bits per heavy atom. The first-order valence-electron chi connectivity index (χ1n) is 5.03. The van der Waals surface area contributed by atoms with Gasteiger partial charge in [0.15, 0.2) is 0 Å². The first-order chi connectivity index (χ1) is 7.84. The number of aromatic nitrogens is 2. The highest BCUT2D eigenvalue weighted by Crippen LogP contribution is 2.24. The maximum atomic E-state index is 13.6. The van der Waals surface area contributed by atoms with Crippen LogP contribution < -0.4 is 0 Å². The smallest absolute Gasteiger partial charge is 0.132 e. The van der Waals surface area contributed by atoms with Gasteiger partial charge in [0.05, 0.1) is 16.7 Å². The van der Waals surface area contributed by atoms with E-state index in [1.807, 2.05) is 24.3 Å². The molecule has 3 aromatic rings. The number of nitrogens with one attached hydrogen (secondary N) is 1. The van der Waals surface area contributed by atoms with E-state index in [1.54, 1.807) is 18.3 Å². The molecule has 2 heterocycles. The average molecular weight is 212 g/mol. The molecule has 0 unspecified atom stereocenters. The lowest BCUT2D eigenvalue weighted by atomic mass is 10.1. The zero-order valence-electron chi connectivity index (χ0n) is 8.44. The SMILES string of the molecule is Fc1ccccc1-c1cc2ncccc2[nH]1. The van der Waals surface area contributed by atoms with Crippen LogP contribution in [0.4, 0.5) is 4.39 Å². The maximum Gasteiger partial charge on any atom is 0.132 e. The van der Waals surface area contributed by atoms with Crippen LogP contribution in [0.1, 0.15) is 0 Å². The lowest BCUT2D eigenvalue weighted by Crippen LogP contribution is -1.82. The summed E-state index contributed by atoms with van der Waals surface area (Å²) in [5.74, 6) is -0.228. The fraction of sp³-hybridized carbons (Fsp3) is 0. The van der Waals surface area contributed by atoms with Gasteiger partial charge < -0.3 is 4.98 Å². The monoisotopic (exact) mass is 212 g/mol. The third kappa shape index (κ3) is 1.37. The minimum atomic E-state index is -0.228. The summed E-state index contributed by atoms with van der Waals surface area (Å²) in [6.45, 7) is 0. The maximum absolute atomic E-state index is 13.6. The van der Waals surface area contributed by atoms with Gasteiger partial charge in [0.1, 0.15) is 5.82 Å². The van der Waals surface area contributed by atoms with Crippen LogP contribution in [0.3, 0.4) is 0 Å². The van der Waals surface area contributed by atoms with Crippen molar-refractivity contribution in [1.29, 1.82) is 0 Å². The van der Waals surface area contributed by atoms with Gasteiger partial charge in [-0.05, 0) is 30.3 Å². The van der Waals surface area contributed by atoms with Crippen molar-refractivity contribution in [2.75, 3.05) is 0 Å². The molecule has 0 spiro atoms. The molecule has 0 amide bonds. The van der Waals surface area contributed by atoms with Crippen LogP contribution >= 0.6 is 0 Å². The molecule has 0 saturated heterocycles. The molecule has 0 aliphatic rings. The Balaban J connectivity index is 2.23. The van der Waals surface area contributed by atoms with Crippen molar-refractivity contribution in [2.24, 2.45) is 0 Å². The molecule has 3 rings (SSSR count). The lowest BCUT2D eigenvalue weighted by Gasteiger charge is -1.98. The van der Waals surface area contributed by atoms with Gasteiger partial charge in [0.25, 0.3) is 0 Å². The zero-order valence-corrected chi connectivity index (χ0v) is 8.44. The van der Waals surface area contributed by atoms with Gasteiger partial charge in [0.2, 0.25) is 0 Å². The Hall–Kier alpha value is -2.16. The van der Waals surface area contributed by atoms with E-state index in [9.17, 15) is 4.39 Å². The summed E-state index contributed by atoms with van der Waals surface area (Å²) >= 11 is 0. The fourth-order valence-electron chi connectivity index (χ4n) is 1.78. The Labute approximate surface area is 91.8 Å². The molecule has 0 radical (unpaired) electrons. The summed E-state index contributed by atoms with van der Waals surface area (Å²) in [5.41, 5.74) is 3.09. The molecule has 0 aliphatic carbocycles. The van der Waals surface area contributed by atoms with Crippen LogP contribution in [0.5, 0.6) is 0 Å². The van der Waals surface area contributed by atoms with Gasteiger partial charge in [-0.25, -0.2) is 4.39 Å². The summed E-state index contributed by atoms with van der Waals surface area (Å²) in [5, 5.41) is 0. The summed E-state index contributed by atoms with van der Waals surface area (Å²) in [6, 6.07) is 12.3. The van der Waals surface area contributed by atoms with Crippen molar-refractivity contribution in [3.05, 3.63) is 54.5 Å². The molecule has 0 saturated carbocycles. The topological polar surface area (TPSA) is 28.7 Å². The van der Waals surface area contributed by atoms with Crippen molar-refractivity contribution in [3.63, 3.8) is 0 Å². The third-order valence-corrected chi connectivity index (χ3v) is 2.55. The minimum Gasteiger partial charge on any atom is -0.353 e. The molecule has 1 aromatic carbocycles. The molecule has 0 fully saturated rings. The second-order valence-corrected chi connectivity index (χ2v) is 3.60. The highest BCUT2D eigenvalue weighted by Gasteiger charge is 2.07. The van der Waals surface area contributed by atoms with Gasteiger partial charge >= 0.3 is 0 Å². The number of aromatic amines is 1. The highest BCUT2D eigenvalue weighted by molar-refractivity contribution is 5.82. The first-order valence-corrected chi connectivity index (χ1v) is 5.03. The molecule has 2 nitrogen and oxygen atoms in total. The van der Waals surface area contributed by atoms with Crippen molar-refractivity contribution < 1.29 is 4.39 Å². The van der Waals surface area contributed by atoms with Crippen molar-refractivity contribution in [3.8, 4) is 11.3 Å². The van der Waals surface area contributed by atoms with E-state index < -0.39 is 0 Å². The normalized spacial score (nSPS) is 10.8. The second-order valence-electron chi connectivity index (χ2n) is 3.60. The van der Waals surface area contributed by atoms with Crippen molar-refractivity contribution in [2.45, 2.75) is 0 Å². The Morgan fingerprint density at radius 2 is 1.94 bits per heavy atom. The van der Waals surface area contributed by atoms with Gasteiger partial charge in [-0.2, -0.15) is 0 Å². The molecule has 0 aliphatic heterocycles. The molecule has 16 heavy (non-hydrogen) atoms. The number of fused-ring (bicyclic) bond motifs is 1. The minimum absolute atomic E-state index is 0.228. The van der Waals surface area contributed by atoms with Crippen molar-refractivity contribution >= 4 is 11.0 Å². The van der Waals surface area contributed by atoms with Crippen LogP contribution in [0, 0.1) is 5.82 Å². The molecule has 3 heteroatoms. The summed E-state index contributed by atoms with van der Waals surface area (Å²) in [7, 11) is 0. The summed E-state index contributed by atoms with van der Waals surface area (Å²) in [6.07, 6.45) is 1.72. The van der Waals surface area contributed by atoms with Gasteiger partial charge in [-0.15, -0.1) is 0 Å². The first kappa shape index (κ1) is 9.09. The predicted molar refractivity (Wildman–Crippen MR) is 61.5 cm³/mol. The van der Waals surface area contributed by atoms with E-state index in [2.05, 4.69) is 9.97 Å². The summed E-state index contributed by atoms with van der Waals surface area (Å²) < 4.78 is 13.6. The van der Waals surface area contributed by atoms with E-state index in [4.69, 9.17) is 0 Å². The number of hydrogen-bond donors (Lipinski definition) is 1. The van der Waals surface area contributed by atoms with E-state index in [0.29, 0.717) is 5.56 Å². The van der Waals surface area contributed by atoms with Gasteiger partial charge in [0, 0.05) is 11.8 Å². The van der Waals surface area contributed by atoms with E-state index in [1.165, 1.54) is 6.07 Å². The van der Waals surface area contributed by atoms with Crippen LogP contribution in [-0.4, -0.2) is 9.97 Å². The van der Waals surface area contributed by atoms with E-state index >= 15 is 0 Å². The number of pyridine rings is 1. The standard InChI is InChI=1S/C13H9FN2/c14-10-5-2-1-4-9(10)12-8-13-11(16-12)6-3-7-15-13/h1-8,16H. The quantitative estimate of drug-likeness (QED) is 0.658. The third-order valence-electron chi connectivity index (χ3n) is 2.55. The van der Waals surface area contributed by atoms with Crippen LogP contribution in [0.25, 0.3) is 22.3 Å². The molecule has 2 aromatic heterocycles. The van der Waals surface area contributed by atoms with E-state index in [-0.39, 0.29) is 5.82 Å². The Bertz CT molecular complexity index is 610. The largest absolute Gasteiger partial charge is 0.353 e. The number of hydrogen-bond acceptors (Lipinski definition) is 1. The highest BCUT2D eigenvalue weighted by atomic mass is 19.1. The zero-order chi connectivity index (χ0) is 11.0. The number of rotatable bonds is 1. The van der Waals surface area contributed by atoms with E-state index in [0.717, 1.165) is 16.7 Å².